The Hall–Kier alpha value is -2.69. The summed E-state index contributed by atoms with van der Waals surface area (Å²) in [5, 5.41) is 23.9. The highest BCUT2D eigenvalue weighted by molar-refractivity contribution is 5.94. The molecule has 0 saturated heterocycles. The maximum atomic E-state index is 12.1. The van der Waals surface area contributed by atoms with E-state index in [1.165, 1.54) is 6.92 Å². The van der Waals surface area contributed by atoms with Gasteiger partial charge in [0.2, 0.25) is 17.7 Å². The Balaban J connectivity index is 4.80. The van der Waals surface area contributed by atoms with E-state index in [9.17, 15) is 24.0 Å². The smallest absolute Gasteiger partial charge is 0.322 e. The fraction of sp³-hybridized carbons (Fsp3) is 0.667. The second-order valence-electron chi connectivity index (χ2n) is 6.24. The summed E-state index contributed by atoms with van der Waals surface area (Å²) < 4.78 is 0. The van der Waals surface area contributed by atoms with Crippen molar-refractivity contribution in [2.45, 2.75) is 51.7 Å². The van der Waals surface area contributed by atoms with Crippen LogP contribution in [0, 0.1) is 5.92 Å². The lowest BCUT2D eigenvalue weighted by molar-refractivity contribution is -0.141. The summed E-state index contributed by atoms with van der Waals surface area (Å²) in [5.41, 5.74) is 5.71. The average Bonchev–Trinajstić information content (AvgIpc) is 2.50. The summed E-state index contributed by atoms with van der Waals surface area (Å²) in [6, 6.07) is -3.36. The van der Waals surface area contributed by atoms with E-state index in [1.54, 1.807) is 0 Å². The third kappa shape index (κ3) is 9.57. The zero-order valence-electron chi connectivity index (χ0n) is 14.9. The van der Waals surface area contributed by atoms with E-state index in [0.717, 1.165) is 0 Å². The molecule has 148 valence electrons. The zero-order chi connectivity index (χ0) is 20.4. The molecule has 3 amide bonds. The number of aliphatic carboxylic acids is 2. The molecule has 3 atom stereocenters. The number of hydrogen-bond donors (Lipinski definition) is 6. The summed E-state index contributed by atoms with van der Waals surface area (Å²) in [6.45, 7) is 4.40. The number of carboxylic acid groups (broad SMARTS) is 2. The van der Waals surface area contributed by atoms with E-state index in [2.05, 4.69) is 10.6 Å². The first-order chi connectivity index (χ1) is 11.9. The van der Waals surface area contributed by atoms with Crippen molar-refractivity contribution in [1.29, 1.82) is 0 Å². The molecular formula is C15H26N4O7. The molecule has 0 aromatic carbocycles. The molecule has 0 heterocycles. The molecule has 0 saturated carbocycles. The Kier molecular flexibility index (Phi) is 9.89. The van der Waals surface area contributed by atoms with Crippen LogP contribution in [-0.2, 0) is 24.0 Å². The normalized spacial score (nSPS) is 14.0. The highest BCUT2D eigenvalue weighted by Gasteiger charge is 2.27. The Bertz CT molecular complexity index is 550. The van der Waals surface area contributed by atoms with Crippen molar-refractivity contribution in [2.75, 3.05) is 6.54 Å². The molecule has 7 N–H and O–H groups in total. The van der Waals surface area contributed by atoms with Gasteiger partial charge in [0, 0.05) is 0 Å². The summed E-state index contributed by atoms with van der Waals surface area (Å²) in [5.74, 6) is -4.82. The van der Waals surface area contributed by atoms with Crippen LogP contribution >= 0.6 is 0 Å². The lowest BCUT2D eigenvalue weighted by Crippen LogP contribution is -2.55. The van der Waals surface area contributed by atoms with Crippen molar-refractivity contribution in [3.8, 4) is 0 Å². The standard InChI is InChI=1S/C15H26N4O7/c1-7(2)4-9(16)14(25)18-8(3)13(24)19-10(5-11(20)21)15(26)17-6-12(22)23/h7-10H,4-6,16H2,1-3H3,(H,17,26)(H,18,25)(H,19,24)(H,20,21)(H,22,23). The Morgan fingerprint density at radius 2 is 1.46 bits per heavy atom. The lowest BCUT2D eigenvalue weighted by atomic mass is 10.0. The number of carbonyl (C=O) groups is 5. The molecule has 11 heteroatoms. The predicted octanol–water partition coefficient (Wildman–Crippen LogP) is -1.98. The number of carboxylic acids is 2. The number of nitrogens with two attached hydrogens (primary N) is 1. The fourth-order valence-corrected chi connectivity index (χ4v) is 1.97. The highest BCUT2D eigenvalue weighted by atomic mass is 16.4. The highest BCUT2D eigenvalue weighted by Crippen LogP contribution is 2.03. The molecule has 0 spiro atoms. The second-order valence-corrected chi connectivity index (χ2v) is 6.24. The fourth-order valence-electron chi connectivity index (χ4n) is 1.97. The second kappa shape index (κ2) is 11.0. The van der Waals surface area contributed by atoms with Crippen molar-refractivity contribution >= 4 is 29.7 Å². The maximum absolute atomic E-state index is 12.1. The summed E-state index contributed by atoms with van der Waals surface area (Å²) in [6.07, 6.45) is -0.329. The van der Waals surface area contributed by atoms with Crippen LogP contribution < -0.4 is 21.7 Å². The van der Waals surface area contributed by atoms with Crippen LogP contribution in [0.4, 0.5) is 0 Å². The van der Waals surface area contributed by atoms with Gasteiger partial charge in [-0.2, -0.15) is 0 Å². The molecular weight excluding hydrogens is 348 g/mol. The molecule has 3 unspecified atom stereocenters. The predicted molar refractivity (Wildman–Crippen MR) is 89.9 cm³/mol. The largest absolute Gasteiger partial charge is 0.481 e. The van der Waals surface area contributed by atoms with Gasteiger partial charge in [-0.25, -0.2) is 0 Å². The molecule has 26 heavy (non-hydrogen) atoms. The van der Waals surface area contributed by atoms with E-state index in [0.29, 0.717) is 6.42 Å². The minimum absolute atomic E-state index is 0.178. The lowest BCUT2D eigenvalue weighted by Gasteiger charge is -2.21. The summed E-state index contributed by atoms with van der Waals surface area (Å²) in [4.78, 5) is 57.2. The van der Waals surface area contributed by atoms with E-state index in [-0.39, 0.29) is 5.92 Å². The van der Waals surface area contributed by atoms with E-state index < -0.39 is 60.8 Å². The third-order valence-electron chi connectivity index (χ3n) is 3.24. The van der Waals surface area contributed by atoms with Crippen LogP contribution in [0.5, 0.6) is 0 Å². The molecule has 0 aliphatic heterocycles. The van der Waals surface area contributed by atoms with Crippen molar-refractivity contribution in [3.05, 3.63) is 0 Å². The van der Waals surface area contributed by atoms with Gasteiger partial charge in [-0.3, -0.25) is 24.0 Å². The number of rotatable bonds is 11. The van der Waals surface area contributed by atoms with Gasteiger partial charge in [-0.15, -0.1) is 0 Å². The minimum atomic E-state index is -1.48. The Morgan fingerprint density at radius 1 is 0.885 bits per heavy atom. The quantitative estimate of drug-likeness (QED) is 0.240. The molecule has 0 aromatic rings. The van der Waals surface area contributed by atoms with Crippen molar-refractivity contribution < 1.29 is 34.2 Å². The van der Waals surface area contributed by atoms with Gasteiger partial charge in [0.15, 0.2) is 0 Å². The van der Waals surface area contributed by atoms with Gasteiger partial charge < -0.3 is 31.9 Å². The van der Waals surface area contributed by atoms with E-state index in [4.69, 9.17) is 15.9 Å². The van der Waals surface area contributed by atoms with Crippen LogP contribution in [0.25, 0.3) is 0 Å². The molecule has 0 aliphatic carbocycles. The van der Waals surface area contributed by atoms with Crippen LogP contribution in [0.1, 0.15) is 33.6 Å². The number of hydrogen-bond acceptors (Lipinski definition) is 6. The average molecular weight is 374 g/mol. The molecule has 0 aliphatic rings. The van der Waals surface area contributed by atoms with Gasteiger partial charge in [-0.1, -0.05) is 13.8 Å². The van der Waals surface area contributed by atoms with Crippen LogP contribution in [0.15, 0.2) is 0 Å². The van der Waals surface area contributed by atoms with E-state index in [1.807, 2.05) is 19.2 Å². The number of amides is 3. The molecule has 0 aromatic heterocycles. The maximum Gasteiger partial charge on any atom is 0.322 e. The minimum Gasteiger partial charge on any atom is -0.481 e. The molecule has 0 bridgehead atoms. The monoisotopic (exact) mass is 374 g/mol. The Labute approximate surface area is 150 Å². The van der Waals surface area contributed by atoms with Crippen molar-refractivity contribution in [3.63, 3.8) is 0 Å². The van der Waals surface area contributed by atoms with Gasteiger partial charge in [-0.05, 0) is 19.3 Å². The van der Waals surface area contributed by atoms with Gasteiger partial charge >= 0.3 is 11.9 Å². The van der Waals surface area contributed by atoms with Crippen LogP contribution in [-0.4, -0.2) is 64.5 Å². The third-order valence-corrected chi connectivity index (χ3v) is 3.24. The Morgan fingerprint density at radius 3 is 1.92 bits per heavy atom. The van der Waals surface area contributed by atoms with Gasteiger partial charge in [0.05, 0.1) is 12.5 Å². The molecule has 11 nitrogen and oxygen atoms in total. The summed E-state index contributed by atoms with van der Waals surface area (Å²) in [7, 11) is 0. The van der Waals surface area contributed by atoms with Crippen molar-refractivity contribution in [2.24, 2.45) is 11.7 Å². The van der Waals surface area contributed by atoms with E-state index >= 15 is 0 Å². The number of nitrogens with one attached hydrogen (secondary N) is 3. The number of carbonyl (C=O) groups excluding carboxylic acids is 3. The topological polar surface area (TPSA) is 188 Å². The van der Waals surface area contributed by atoms with Gasteiger partial charge in [0.25, 0.3) is 0 Å². The first-order valence-electron chi connectivity index (χ1n) is 8.01. The molecule has 0 radical (unpaired) electrons. The molecule has 0 rings (SSSR count). The van der Waals surface area contributed by atoms with Crippen LogP contribution in [0.2, 0.25) is 0 Å². The SMILES string of the molecule is CC(C)CC(N)C(=O)NC(C)C(=O)NC(CC(=O)O)C(=O)NCC(=O)O. The molecule has 0 fully saturated rings. The van der Waals surface area contributed by atoms with Crippen molar-refractivity contribution in [1.82, 2.24) is 16.0 Å². The first-order valence-corrected chi connectivity index (χ1v) is 8.01. The summed E-state index contributed by atoms with van der Waals surface area (Å²) >= 11 is 0. The van der Waals surface area contributed by atoms with Gasteiger partial charge in [0.1, 0.15) is 18.6 Å². The zero-order valence-corrected chi connectivity index (χ0v) is 14.9. The van der Waals surface area contributed by atoms with Crippen LogP contribution in [0.3, 0.4) is 0 Å². The first kappa shape index (κ1) is 23.3.